The summed E-state index contributed by atoms with van der Waals surface area (Å²) in [4.78, 5) is 17.6. The summed E-state index contributed by atoms with van der Waals surface area (Å²) >= 11 is 1.46. The van der Waals surface area contributed by atoms with E-state index in [1.54, 1.807) is 12.1 Å². The third kappa shape index (κ3) is 6.56. The maximum absolute atomic E-state index is 12.8. The van der Waals surface area contributed by atoms with E-state index < -0.39 is 10.0 Å². The molecule has 4 rings (SSSR count). The third-order valence-corrected chi connectivity index (χ3v) is 7.18. The lowest BCUT2D eigenvalue weighted by Gasteiger charge is -2.09. The van der Waals surface area contributed by atoms with Crippen molar-refractivity contribution in [2.24, 2.45) is 0 Å². The number of aryl methyl sites for hydroxylation is 2. The fraction of sp³-hybridized carbons (Fsp3) is 0.231. The number of imidazole rings is 1. The number of hydrogen-bond acceptors (Lipinski definition) is 5. The third-order valence-electron chi connectivity index (χ3n) is 5.47. The highest BCUT2D eigenvalue weighted by Gasteiger charge is 2.14. The van der Waals surface area contributed by atoms with Crippen LogP contribution in [0.15, 0.2) is 84.0 Å². The highest BCUT2D eigenvalue weighted by molar-refractivity contribution is 7.99. The van der Waals surface area contributed by atoms with Crippen LogP contribution in [-0.2, 0) is 29.4 Å². The molecule has 0 aliphatic rings. The van der Waals surface area contributed by atoms with Gasteiger partial charge in [0.1, 0.15) is 0 Å². The number of benzene rings is 3. The van der Waals surface area contributed by atoms with Crippen LogP contribution in [0.5, 0.6) is 0 Å². The minimum atomic E-state index is -3.20. The molecule has 0 fully saturated rings. The average molecular weight is 494 g/mol. The molecule has 0 saturated heterocycles. The number of rotatable bonds is 11. The zero-order valence-corrected chi connectivity index (χ0v) is 20.6. The van der Waals surface area contributed by atoms with Crippen LogP contribution in [0, 0.1) is 0 Å². The first-order valence-electron chi connectivity index (χ1n) is 11.1. The standard InChI is InChI=1S/C26H27N3O3S2/c1-34(31,32)27-17-15-21-11-13-22(14-12-21)25(30)19-33-26-28-23-9-5-6-10-24(23)29(26)18-16-20-7-3-2-4-8-20/h2-14,27H,15-19H2,1H3. The second-order valence-corrected chi connectivity index (χ2v) is 10.9. The topological polar surface area (TPSA) is 81.1 Å². The van der Waals surface area contributed by atoms with Crippen LogP contribution in [0.4, 0.5) is 0 Å². The van der Waals surface area contributed by atoms with Gasteiger partial charge in [-0.05, 0) is 36.1 Å². The van der Waals surface area contributed by atoms with Gasteiger partial charge in [-0.15, -0.1) is 0 Å². The molecule has 3 aromatic carbocycles. The molecular weight excluding hydrogens is 466 g/mol. The Labute approximate surface area is 204 Å². The predicted octanol–water partition coefficient (Wildman–Crippen LogP) is 4.35. The van der Waals surface area contributed by atoms with E-state index >= 15 is 0 Å². The summed E-state index contributed by atoms with van der Waals surface area (Å²) in [6, 6.07) is 25.7. The summed E-state index contributed by atoms with van der Waals surface area (Å²) in [7, 11) is -3.20. The summed E-state index contributed by atoms with van der Waals surface area (Å²) in [5, 5.41) is 0.842. The van der Waals surface area contributed by atoms with Crippen molar-refractivity contribution >= 4 is 38.6 Å². The Morgan fingerprint density at radius 3 is 2.32 bits per heavy atom. The molecule has 0 aliphatic heterocycles. The molecule has 4 aromatic rings. The minimum absolute atomic E-state index is 0.0347. The van der Waals surface area contributed by atoms with Crippen LogP contribution in [0.3, 0.4) is 0 Å². The Balaban J connectivity index is 1.41. The van der Waals surface area contributed by atoms with Gasteiger partial charge in [0.05, 0.1) is 23.0 Å². The summed E-state index contributed by atoms with van der Waals surface area (Å²) in [5.41, 5.74) is 4.87. The highest BCUT2D eigenvalue weighted by Crippen LogP contribution is 2.25. The van der Waals surface area contributed by atoms with E-state index in [9.17, 15) is 13.2 Å². The molecule has 0 amide bonds. The highest BCUT2D eigenvalue weighted by atomic mass is 32.2. The Kier molecular flexibility index (Phi) is 7.82. The van der Waals surface area contributed by atoms with Gasteiger partial charge < -0.3 is 4.57 Å². The second-order valence-electron chi connectivity index (χ2n) is 8.10. The number of para-hydroxylation sites is 2. The van der Waals surface area contributed by atoms with E-state index in [1.807, 2.05) is 48.5 Å². The fourth-order valence-electron chi connectivity index (χ4n) is 3.72. The lowest BCUT2D eigenvalue weighted by Crippen LogP contribution is -2.24. The maximum atomic E-state index is 12.8. The number of nitrogens with one attached hydrogen (secondary N) is 1. The van der Waals surface area contributed by atoms with Crippen LogP contribution in [0.25, 0.3) is 11.0 Å². The number of fused-ring (bicyclic) bond motifs is 1. The van der Waals surface area contributed by atoms with Crippen LogP contribution in [0.1, 0.15) is 21.5 Å². The monoisotopic (exact) mass is 493 g/mol. The Bertz CT molecular complexity index is 1370. The predicted molar refractivity (Wildman–Crippen MR) is 138 cm³/mol. The van der Waals surface area contributed by atoms with Gasteiger partial charge in [-0.2, -0.15) is 0 Å². The van der Waals surface area contributed by atoms with Gasteiger partial charge in [-0.1, -0.05) is 78.5 Å². The number of Topliss-reactive ketones (excluding diaryl/α,β-unsaturated/α-hetero) is 1. The molecule has 0 atom stereocenters. The normalized spacial score (nSPS) is 11.7. The second kappa shape index (κ2) is 11.0. The van der Waals surface area contributed by atoms with Gasteiger partial charge >= 0.3 is 0 Å². The lowest BCUT2D eigenvalue weighted by molar-refractivity contribution is 0.102. The van der Waals surface area contributed by atoms with Crippen molar-refractivity contribution in [1.82, 2.24) is 14.3 Å². The van der Waals surface area contributed by atoms with Crippen LogP contribution >= 0.6 is 11.8 Å². The molecule has 0 spiro atoms. The summed E-state index contributed by atoms with van der Waals surface area (Å²) in [5.74, 6) is 0.330. The molecule has 1 heterocycles. The number of aromatic nitrogens is 2. The summed E-state index contributed by atoms with van der Waals surface area (Å²) in [6.07, 6.45) is 2.60. The molecule has 8 heteroatoms. The van der Waals surface area contributed by atoms with Crippen LogP contribution < -0.4 is 4.72 Å². The molecule has 0 bridgehead atoms. The zero-order valence-electron chi connectivity index (χ0n) is 19.0. The SMILES string of the molecule is CS(=O)(=O)NCCc1ccc(C(=O)CSc2nc3ccccc3n2CCc2ccccc2)cc1. The van der Waals surface area contributed by atoms with Gasteiger partial charge in [0, 0.05) is 18.7 Å². The molecule has 1 N–H and O–H groups in total. The molecule has 0 radical (unpaired) electrons. The number of ketones is 1. The van der Waals surface area contributed by atoms with E-state index in [-0.39, 0.29) is 5.78 Å². The number of hydrogen-bond donors (Lipinski definition) is 1. The van der Waals surface area contributed by atoms with Crippen LogP contribution in [-0.4, -0.2) is 42.3 Å². The summed E-state index contributed by atoms with van der Waals surface area (Å²) in [6.45, 7) is 1.12. The molecule has 6 nitrogen and oxygen atoms in total. The van der Waals surface area contributed by atoms with Gasteiger partial charge in [0.2, 0.25) is 10.0 Å². The Morgan fingerprint density at radius 2 is 1.59 bits per heavy atom. The molecule has 0 unspecified atom stereocenters. The number of sulfonamides is 1. The smallest absolute Gasteiger partial charge is 0.208 e. The lowest BCUT2D eigenvalue weighted by atomic mass is 10.1. The van der Waals surface area contributed by atoms with E-state index in [2.05, 4.69) is 27.5 Å². The van der Waals surface area contributed by atoms with E-state index in [4.69, 9.17) is 4.98 Å². The molecule has 1 aromatic heterocycles. The summed E-state index contributed by atoms with van der Waals surface area (Å²) < 4.78 is 27.0. The van der Waals surface area contributed by atoms with E-state index in [1.165, 1.54) is 17.3 Å². The van der Waals surface area contributed by atoms with Crippen molar-refractivity contribution in [2.75, 3.05) is 18.6 Å². The zero-order chi connectivity index (χ0) is 24.0. The number of carbonyl (C=O) groups excluding carboxylic acids is 1. The van der Waals surface area contributed by atoms with Crippen molar-refractivity contribution in [2.45, 2.75) is 24.5 Å². The number of nitrogens with zero attached hydrogens (tertiary/aromatic N) is 2. The van der Waals surface area contributed by atoms with Gasteiger partial charge in [-0.3, -0.25) is 4.79 Å². The molecule has 176 valence electrons. The minimum Gasteiger partial charge on any atom is -0.319 e. The maximum Gasteiger partial charge on any atom is 0.208 e. The average Bonchev–Trinajstić information content (AvgIpc) is 3.19. The first-order valence-corrected chi connectivity index (χ1v) is 14.0. The Hall–Kier alpha value is -2.94. The largest absolute Gasteiger partial charge is 0.319 e. The molecular formula is C26H27N3O3S2. The molecule has 0 aliphatic carbocycles. The first-order chi connectivity index (χ1) is 16.4. The van der Waals surface area contributed by atoms with Crippen molar-refractivity contribution < 1.29 is 13.2 Å². The first kappa shape index (κ1) is 24.2. The van der Waals surface area contributed by atoms with Crippen molar-refractivity contribution in [1.29, 1.82) is 0 Å². The van der Waals surface area contributed by atoms with Crippen molar-refractivity contribution in [3.05, 3.63) is 95.6 Å². The van der Waals surface area contributed by atoms with Gasteiger partial charge in [-0.25, -0.2) is 18.1 Å². The number of carbonyl (C=O) groups is 1. The van der Waals surface area contributed by atoms with Crippen LogP contribution in [0.2, 0.25) is 0 Å². The number of thioether (sulfide) groups is 1. The van der Waals surface area contributed by atoms with E-state index in [0.29, 0.717) is 24.3 Å². The molecule has 34 heavy (non-hydrogen) atoms. The quantitative estimate of drug-likeness (QED) is 0.248. The van der Waals surface area contributed by atoms with Gasteiger partial charge in [0.15, 0.2) is 10.9 Å². The van der Waals surface area contributed by atoms with Crippen molar-refractivity contribution in [3.8, 4) is 0 Å². The molecule has 0 saturated carbocycles. The van der Waals surface area contributed by atoms with E-state index in [0.717, 1.165) is 41.0 Å². The Morgan fingerprint density at radius 1 is 0.912 bits per heavy atom. The fourth-order valence-corrected chi connectivity index (χ4v) is 5.12. The van der Waals surface area contributed by atoms with Crippen molar-refractivity contribution in [3.63, 3.8) is 0 Å². The van der Waals surface area contributed by atoms with Gasteiger partial charge in [0.25, 0.3) is 0 Å².